The molecule has 0 unspecified atom stereocenters. The summed E-state index contributed by atoms with van der Waals surface area (Å²) in [4.78, 5) is 5.85. The highest BCUT2D eigenvalue weighted by molar-refractivity contribution is 7.07. The molecule has 24 heavy (non-hydrogen) atoms. The number of nitrogens with zero attached hydrogens (tertiary/aromatic N) is 2. The molecule has 0 aliphatic carbocycles. The van der Waals surface area contributed by atoms with Crippen molar-refractivity contribution in [3.05, 3.63) is 64.3 Å². The van der Waals surface area contributed by atoms with Crippen LogP contribution in [0, 0.1) is 6.92 Å². The zero-order valence-corrected chi connectivity index (χ0v) is 15.1. The summed E-state index contributed by atoms with van der Waals surface area (Å²) < 4.78 is 7.51. The lowest BCUT2D eigenvalue weighted by atomic mass is 10.1. The fourth-order valence-corrected chi connectivity index (χ4v) is 3.54. The molecule has 4 heteroatoms. The molecular weight excluding hydrogens is 316 g/mol. The van der Waals surface area contributed by atoms with Gasteiger partial charge in [0.25, 0.3) is 0 Å². The number of aryl methyl sites for hydroxylation is 1. The molecule has 0 amide bonds. The van der Waals surface area contributed by atoms with E-state index in [2.05, 4.69) is 48.1 Å². The van der Waals surface area contributed by atoms with Crippen molar-refractivity contribution in [2.24, 2.45) is 4.99 Å². The molecule has 0 radical (unpaired) electrons. The summed E-state index contributed by atoms with van der Waals surface area (Å²) in [6, 6.07) is 16.5. The van der Waals surface area contributed by atoms with E-state index < -0.39 is 0 Å². The number of methoxy groups -OCH3 is 1. The van der Waals surface area contributed by atoms with Gasteiger partial charge in [0.2, 0.25) is 0 Å². The van der Waals surface area contributed by atoms with Gasteiger partial charge in [-0.3, -0.25) is 0 Å². The van der Waals surface area contributed by atoms with Crippen LogP contribution in [0.25, 0.3) is 11.3 Å². The van der Waals surface area contributed by atoms with E-state index in [1.54, 1.807) is 18.4 Å². The topological polar surface area (TPSA) is 26.5 Å². The Labute approximate surface area is 146 Å². The maximum Gasteiger partial charge on any atom is 0.190 e. The third-order valence-electron chi connectivity index (χ3n) is 3.89. The van der Waals surface area contributed by atoms with Crippen LogP contribution in [-0.2, 0) is 6.54 Å². The zero-order valence-electron chi connectivity index (χ0n) is 14.3. The fourth-order valence-electron chi connectivity index (χ4n) is 2.58. The Morgan fingerprint density at radius 3 is 2.38 bits per heavy atom. The second kappa shape index (κ2) is 7.49. The predicted octanol–water partition coefficient (Wildman–Crippen LogP) is 5.18. The van der Waals surface area contributed by atoms with Crippen LogP contribution in [0.1, 0.15) is 18.9 Å². The minimum absolute atomic E-state index is 0.849. The SMILES string of the molecule is CCCn1c(-c2ccc(C)cc2)csc1=Nc1ccc(OC)cc1. The molecule has 0 saturated carbocycles. The first kappa shape index (κ1) is 16.5. The highest BCUT2D eigenvalue weighted by atomic mass is 32.1. The van der Waals surface area contributed by atoms with Gasteiger partial charge >= 0.3 is 0 Å². The smallest absolute Gasteiger partial charge is 0.190 e. The summed E-state index contributed by atoms with van der Waals surface area (Å²) in [6.07, 6.45) is 1.07. The van der Waals surface area contributed by atoms with Gasteiger partial charge in [-0.1, -0.05) is 36.8 Å². The molecular formula is C20H22N2OS. The minimum atomic E-state index is 0.849. The van der Waals surface area contributed by atoms with Gasteiger partial charge in [0, 0.05) is 11.9 Å². The van der Waals surface area contributed by atoms with E-state index in [0.717, 1.165) is 29.2 Å². The molecule has 0 aliphatic heterocycles. The number of ether oxygens (including phenoxy) is 1. The highest BCUT2D eigenvalue weighted by Crippen LogP contribution is 2.22. The quantitative estimate of drug-likeness (QED) is 0.630. The van der Waals surface area contributed by atoms with Crippen LogP contribution in [-0.4, -0.2) is 11.7 Å². The molecule has 0 aliphatic rings. The third kappa shape index (κ3) is 3.60. The van der Waals surface area contributed by atoms with Gasteiger partial charge < -0.3 is 9.30 Å². The summed E-state index contributed by atoms with van der Waals surface area (Å²) in [5.41, 5.74) is 4.69. The molecule has 0 N–H and O–H groups in total. The zero-order chi connectivity index (χ0) is 16.9. The number of aromatic nitrogens is 1. The van der Waals surface area contributed by atoms with Crippen LogP contribution in [0.2, 0.25) is 0 Å². The Kier molecular flexibility index (Phi) is 5.16. The molecule has 3 aromatic rings. The van der Waals surface area contributed by atoms with Gasteiger partial charge in [-0.05, 0) is 43.2 Å². The lowest BCUT2D eigenvalue weighted by Gasteiger charge is -2.08. The Morgan fingerprint density at radius 2 is 1.75 bits per heavy atom. The normalized spacial score (nSPS) is 11.7. The standard InChI is InChI=1S/C20H22N2OS/c1-4-13-22-19(16-7-5-15(2)6-8-16)14-24-20(22)21-17-9-11-18(23-3)12-10-17/h5-12,14H,4,13H2,1-3H3. The first-order valence-electron chi connectivity index (χ1n) is 8.15. The van der Waals surface area contributed by atoms with Crippen molar-refractivity contribution in [1.29, 1.82) is 0 Å². The van der Waals surface area contributed by atoms with Gasteiger partial charge in [0.15, 0.2) is 4.80 Å². The summed E-state index contributed by atoms with van der Waals surface area (Å²) in [7, 11) is 1.68. The molecule has 1 heterocycles. The predicted molar refractivity (Wildman–Crippen MR) is 101 cm³/mol. The van der Waals surface area contributed by atoms with Crippen LogP contribution in [0.3, 0.4) is 0 Å². The van der Waals surface area contributed by atoms with Gasteiger partial charge in [0.05, 0.1) is 18.5 Å². The van der Waals surface area contributed by atoms with E-state index in [1.165, 1.54) is 16.8 Å². The van der Waals surface area contributed by atoms with Crippen molar-refractivity contribution in [2.75, 3.05) is 7.11 Å². The summed E-state index contributed by atoms with van der Waals surface area (Å²) in [6.45, 7) is 5.27. The molecule has 0 atom stereocenters. The van der Waals surface area contributed by atoms with E-state index >= 15 is 0 Å². The van der Waals surface area contributed by atoms with Crippen LogP contribution in [0.15, 0.2) is 58.9 Å². The molecule has 3 rings (SSSR count). The molecule has 124 valence electrons. The lowest BCUT2D eigenvalue weighted by molar-refractivity contribution is 0.415. The number of hydrogen-bond donors (Lipinski definition) is 0. The van der Waals surface area contributed by atoms with Crippen molar-refractivity contribution < 1.29 is 4.74 Å². The van der Waals surface area contributed by atoms with Crippen molar-refractivity contribution in [1.82, 2.24) is 4.57 Å². The fraction of sp³-hybridized carbons (Fsp3) is 0.250. The number of rotatable bonds is 5. The van der Waals surface area contributed by atoms with Crippen LogP contribution in [0.5, 0.6) is 5.75 Å². The van der Waals surface area contributed by atoms with Crippen LogP contribution in [0.4, 0.5) is 5.69 Å². The maximum atomic E-state index is 5.21. The molecule has 3 nitrogen and oxygen atoms in total. The average Bonchev–Trinajstić information content (AvgIpc) is 2.99. The van der Waals surface area contributed by atoms with Crippen LogP contribution < -0.4 is 9.54 Å². The largest absolute Gasteiger partial charge is 0.497 e. The van der Waals surface area contributed by atoms with E-state index in [-0.39, 0.29) is 0 Å². The van der Waals surface area contributed by atoms with E-state index in [0.29, 0.717) is 0 Å². The van der Waals surface area contributed by atoms with Crippen LogP contribution >= 0.6 is 11.3 Å². The summed E-state index contributed by atoms with van der Waals surface area (Å²) in [5, 5.41) is 2.20. The highest BCUT2D eigenvalue weighted by Gasteiger charge is 2.07. The molecule has 2 aromatic carbocycles. The van der Waals surface area contributed by atoms with Crippen molar-refractivity contribution in [2.45, 2.75) is 26.8 Å². The van der Waals surface area contributed by atoms with Crippen molar-refractivity contribution >= 4 is 17.0 Å². The second-order valence-corrected chi connectivity index (χ2v) is 6.57. The third-order valence-corrected chi connectivity index (χ3v) is 4.75. The molecule has 1 aromatic heterocycles. The van der Waals surface area contributed by atoms with Gasteiger partial charge in [-0.15, -0.1) is 11.3 Å². The summed E-state index contributed by atoms with van der Waals surface area (Å²) >= 11 is 1.68. The van der Waals surface area contributed by atoms with E-state index in [1.807, 2.05) is 24.3 Å². The Bertz CT molecular complexity index is 858. The maximum absolute atomic E-state index is 5.21. The molecule has 0 bridgehead atoms. The molecule has 0 fully saturated rings. The lowest BCUT2D eigenvalue weighted by Crippen LogP contribution is -2.15. The first-order chi connectivity index (χ1) is 11.7. The van der Waals surface area contributed by atoms with Crippen molar-refractivity contribution in [3.8, 4) is 17.0 Å². The Balaban J connectivity index is 2.04. The van der Waals surface area contributed by atoms with Gasteiger partial charge in [-0.2, -0.15) is 0 Å². The Morgan fingerprint density at radius 1 is 1.04 bits per heavy atom. The van der Waals surface area contributed by atoms with E-state index in [9.17, 15) is 0 Å². The monoisotopic (exact) mass is 338 g/mol. The minimum Gasteiger partial charge on any atom is -0.497 e. The van der Waals surface area contributed by atoms with Gasteiger partial charge in [0.1, 0.15) is 5.75 Å². The first-order valence-corrected chi connectivity index (χ1v) is 9.03. The Hall–Kier alpha value is -2.33. The van der Waals surface area contributed by atoms with E-state index in [4.69, 9.17) is 9.73 Å². The van der Waals surface area contributed by atoms with Gasteiger partial charge in [-0.25, -0.2) is 4.99 Å². The molecule has 0 spiro atoms. The number of benzene rings is 2. The number of hydrogen-bond acceptors (Lipinski definition) is 3. The summed E-state index contributed by atoms with van der Waals surface area (Å²) in [5.74, 6) is 0.849. The molecule has 0 saturated heterocycles. The number of thiazole rings is 1. The average molecular weight is 338 g/mol. The second-order valence-electron chi connectivity index (χ2n) is 5.73. The van der Waals surface area contributed by atoms with Crippen molar-refractivity contribution in [3.63, 3.8) is 0 Å².